The summed E-state index contributed by atoms with van der Waals surface area (Å²) < 4.78 is 7.03. The van der Waals surface area contributed by atoms with E-state index in [0.29, 0.717) is 18.8 Å². The number of amides is 1. The highest BCUT2D eigenvalue weighted by molar-refractivity contribution is 6.33. The number of anilines is 1. The smallest absolute Gasteiger partial charge is 0.272 e. The number of carbonyl (C=O) groups excluding carboxylic acids is 1. The van der Waals surface area contributed by atoms with Crippen molar-refractivity contribution < 1.29 is 9.53 Å². The van der Waals surface area contributed by atoms with Crippen LogP contribution in [0.5, 0.6) is 5.75 Å². The lowest BCUT2D eigenvalue weighted by Gasteiger charge is -2.36. The summed E-state index contributed by atoms with van der Waals surface area (Å²) >= 11 is 6.39. The second kappa shape index (κ2) is 9.84. The Bertz CT molecular complexity index is 1320. The fourth-order valence-corrected chi connectivity index (χ4v) is 4.59. The number of aromatic nitrogens is 2. The molecule has 35 heavy (non-hydrogen) atoms. The second-order valence-electron chi connectivity index (χ2n) is 8.62. The van der Waals surface area contributed by atoms with Crippen LogP contribution in [-0.2, 0) is 0 Å². The van der Waals surface area contributed by atoms with E-state index < -0.39 is 0 Å². The molecule has 1 aliphatic heterocycles. The molecule has 1 amide bonds. The number of ether oxygens (including phenoxy) is 1. The van der Waals surface area contributed by atoms with E-state index >= 15 is 0 Å². The Morgan fingerprint density at radius 1 is 0.914 bits per heavy atom. The molecule has 6 nitrogen and oxygen atoms in total. The third-order valence-corrected chi connectivity index (χ3v) is 6.67. The zero-order chi connectivity index (χ0) is 24.4. The van der Waals surface area contributed by atoms with Crippen LogP contribution in [-0.4, -0.2) is 53.9 Å². The van der Waals surface area contributed by atoms with Crippen LogP contribution in [0.2, 0.25) is 5.02 Å². The highest BCUT2D eigenvalue weighted by atomic mass is 35.5. The summed E-state index contributed by atoms with van der Waals surface area (Å²) in [5.74, 6) is 0.746. The van der Waals surface area contributed by atoms with Crippen LogP contribution in [0, 0.1) is 6.92 Å². The number of methoxy groups -OCH3 is 1. The Morgan fingerprint density at radius 2 is 1.60 bits per heavy atom. The van der Waals surface area contributed by atoms with E-state index in [2.05, 4.69) is 4.90 Å². The SMILES string of the molecule is COc1ccc(-c2cc(C(=O)N3CCN(c4ccccc4Cl)CC3)n(-c3ccc(C)cc3)n2)cc1. The van der Waals surface area contributed by atoms with Crippen molar-refractivity contribution in [1.82, 2.24) is 14.7 Å². The maximum Gasteiger partial charge on any atom is 0.272 e. The fraction of sp³-hybridized carbons (Fsp3) is 0.214. The van der Waals surface area contributed by atoms with Gasteiger partial charge in [-0.15, -0.1) is 0 Å². The first kappa shape index (κ1) is 23.0. The molecule has 1 aliphatic rings. The molecule has 0 spiro atoms. The summed E-state index contributed by atoms with van der Waals surface area (Å²) in [7, 11) is 1.64. The molecule has 0 N–H and O–H groups in total. The van der Waals surface area contributed by atoms with Crippen molar-refractivity contribution in [2.45, 2.75) is 6.92 Å². The number of piperazine rings is 1. The first-order valence-corrected chi connectivity index (χ1v) is 12.0. The van der Waals surface area contributed by atoms with Crippen LogP contribution in [0.4, 0.5) is 5.69 Å². The molecule has 178 valence electrons. The van der Waals surface area contributed by atoms with Gasteiger partial charge in [0.05, 0.1) is 29.2 Å². The molecule has 1 saturated heterocycles. The minimum absolute atomic E-state index is 0.0309. The van der Waals surface area contributed by atoms with Crippen molar-refractivity contribution in [2.24, 2.45) is 0 Å². The van der Waals surface area contributed by atoms with E-state index in [9.17, 15) is 4.79 Å². The number of carbonyl (C=O) groups is 1. The van der Waals surface area contributed by atoms with E-state index in [1.165, 1.54) is 0 Å². The number of benzene rings is 3. The molecule has 4 aromatic rings. The lowest BCUT2D eigenvalue weighted by atomic mass is 10.1. The van der Waals surface area contributed by atoms with E-state index in [0.717, 1.165) is 52.1 Å². The van der Waals surface area contributed by atoms with Gasteiger partial charge in [0, 0.05) is 31.7 Å². The van der Waals surface area contributed by atoms with Crippen molar-refractivity contribution in [1.29, 1.82) is 0 Å². The van der Waals surface area contributed by atoms with Crippen LogP contribution in [0.3, 0.4) is 0 Å². The molecule has 1 fully saturated rings. The van der Waals surface area contributed by atoms with Crippen LogP contribution in [0.1, 0.15) is 16.1 Å². The third kappa shape index (κ3) is 4.75. The highest BCUT2D eigenvalue weighted by Crippen LogP contribution is 2.28. The van der Waals surface area contributed by atoms with Crippen LogP contribution >= 0.6 is 11.6 Å². The Balaban J connectivity index is 1.43. The first-order chi connectivity index (χ1) is 17.0. The normalized spacial score (nSPS) is 13.7. The summed E-state index contributed by atoms with van der Waals surface area (Å²) in [6.07, 6.45) is 0. The largest absolute Gasteiger partial charge is 0.497 e. The lowest BCUT2D eigenvalue weighted by Crippen LogP contribution is -2.49. The van der Waals surface area contributed by atoms with Crippen molar-refractivity contribution in [2.75, 3.05) is 38.2 Å². The number of hydrogen-bond donors (Lipinski definition) is 0. The Morgan fingerprint density at radius 3 is 2.26 bits per heavy atom. The maximum absolute atomic E-state index is 13.7. The molecular weight excluding hydrogens is 460 g/mol. The predicted molar refractivity (Wildman–Crippen MR) is 140 cm³/mol. The lowest BCUT2D eigenvalue weighted by molar-refractivity contribution is 0.0737. The molecule has 5 rings (SSSR count). The molecule has 0 aliphatic carbocycles. The summed E-state index contributed by atoms with van der Waals surface area (Å²) in [4.78, 5) is 17.8. The molecule has 1 aromatic heterocycles. The molecule has 0 unspecified atom stereocenters. The van der Waals surface area contributed by atoms with Gasteiger partial charge in [0.1, 0.15) is 11.4 Å². The Hall–Kier alpha value is -3.77. The number of halogens is 1. The first-order valence-electron chi connectivity index (χ1n) is 11.6. The molecule has 2 heterocycles. The zero-order valence-electron chi connectivity index (χ0n) is 19.8. The average molecular weight is 487 g/mol. The van der Waals surface area contributed by atoms with E-state index in [1.807, 2.05) is 90.7 Å². The monoisotopic (exact) mass is 486 g/mol. The van der Waals surface area contributed by atoms with Crippen molar-refractivity contribution >= 4 is 23.2 Å². The van der Waals surface area contributed by atoms with E-state index in [4.69, 9.17) is 21.4 Å². The molecule has 7 heteroatoms. The highest BCUT2D eigenvalue weighted by Gasteiger charge is 2.27. The van der Waals surface area contributed by atoms with Crippen molar-refractivity contribution in [3.8, 4) is 22.7 Å². The topological polar surface area (TPSA) is 50.6 Å². The summed E-state index contributed by atoms with van der Waals surface area (Å²) in [6.45, 7) is 4.71. The molecule has 0 bridgehead atoms. The summed E-state index contributed by atoms with van der Waals surface area (Å²) in [5.41, 5.74) is 5.23. The predicted octanol–water partition coefficient (Wildman–Crippen LogP) is 5.47. The van der Waals surface area contributed by atoms with Crippen molar-refractivity contribution in [3.63, 3.8) is 0 Å². The van der Waals surface area contributed by atoms with Crippen LogP contribution in [0.15, 0.2) is 78.9 Å². The summed E-state index contributed by atoms with van der Waals surface area (Å²) in [6, 6.07) is 25.5. The average Bonchev–Trinajstić information content (AvgIpc) is 3.35. The number of aryl methyl sites for hydroxylation is 1. The van der Waals surface area contributed by atoms with Gasteiger partial charge in [0.15, 0.2) is 0 Å². The van der Waals surface area contributed by atoms with Crippen LogP contribution < -0.4 is 9.64 Å². The van der Waals surface area contributed by atoms with Gasteiger partial charge < -0.3 is 14.5 Å². The number of nitrogens with zero attached hydrogens (tertiary/aromatic N) is 4. The summed E-state index contributed by atoms with van der Waals surface area (Å²) in [5, 5.41) is 5.56. The van der Waals surface area contributed by atoms with E-state index in [-0.39, 0.29) is 5.91 Å². The Labute approximate surface area is 210 Å². The maximum atomic E-state index is 13.7. The van der Waals surface area contributed by atoms with Crippen molar-refractivity contribution in [3.05, 3.63) is 95.1 Å². The quantitative estimate of drug-likeness (QED) is 0.375. The van der Waals surface area contributed by atoms with Gasteiger partial charge >= 0.3 is 0 Å². The van der Waals surface area contributed by atoms with Gasteiger partial charge in [-0.3, -0.25) is 4.79 Å². The van der Waals surface area contributed by atoms with Gasteiger partial charge in [-0.2, -0.15) is 5.10 Å². The number of hydrogen-bond acceptors (Lipinski definition) is 4. The molecule has 0 atom stereocenters. The second-order valence-corrected chi connectivity index (χ2v) is 9.03. The van der Waals surface area contributed by atoms with Gasteiger partial charge in [-0.25, -0.2) is 4.68 Å². The standard InChI is InChI=1S/C28H27ClN4O2/c1-20-7-11-22(12-8-20)33-27(19-25(30-33)21-9-13-23(35-2)14-10-21)28(34)32-17-15-31(16-18-32)26-6-4-3-5-24(26)29/h3-14,19H,15-18H2,1-2H3. The Kier molecular flexibility index (Phi) is 6.47. The minimum Gasteiger partial charge on any atom is -0.497 e. The van der Waals surface area contributed by atoms with E-state index in [1.54, 1.807) is 11.8 Å². The minimum atomic E-state index is -0.0309. The molecule has 0 saturated carbocycles. The van der Waals surface area contributed by atoms with Gasteiger partial charge in [-0.05, 0) is 61.5 Å². The van der Waals surface area contributed by atoms with Gasteiger partial charge in [0.2, 0.25) is 0 Å². The third-order valence-electron chi connectivity index (χ3n) is 6.35. The molecule has 3 aromatic carbocycles. The fourth-order valence-electron chi connectivity index (χ4n) is 4.34. The van der Waals surface area contributed by atoms with Gasteiger partial charge in [-0.1, -0.05) is 41.4 Å². The number of para-hydroxylation sites is 1. The number of rotatable bonds is 5. The van der Waals surface area contributed by atoms with Crippen LogP contribution in [0.25, 0.3) is 16.9 Å². The molecular formula is C28H27ClN4O2. The molecule has 0 radical (unpaired) electrons. The van der Waals surface area contributed by atoms with Gasteiger partial charge in [0.25, 0.3) is 5.91 Å². The zero-order valence-corrected chi connectivity index (χ0v) is 20.6.